The van der Waals surface area contributed by atoms with Gasteiger partial charge in [-0.3, -0.25) is 4.79 Å². The Bertz CT molecular complexity index is 288. The first kappa shape index (κ1) is 11.5. The quantitative estimate of drug-likeness (QED) is 0.552. The minimum atomic E-state index is -0.833. The molecule has 68 valence electrons. The van der Waals surface area contributed by atoms with E-state index in [1.807, 2.05) is 35.7 Å². The van der Waals surface area contributed by atoms with Crippen LogP contribution < -0.4 is 0 Å². The van der Waals surface area contributed by atoms with Crippen LogP contribution in [0.4, 0.5) is 0 Å². The molecule has 0 unspecified atom stereocenters. The van der Waals surface area contributed by atoms with E-state index in [1.54, 1.807) is 0 Å². The van der Waals surface area contributed by atoms with E-state index < -0.39 is 5.97 Å². The molecule has 0 spiro atoms. The summed E-state index contributed by atoms with van der Waals surface area (Å²) in [6.45, 7) is 1.08. The predicted octanol–water partition coefficient (Wildman–Crippen LogP) is 2.35. The van der Waals surface area contributed by atoms with Crippen LogP contribution in [0, 0.1) is 10.7 Å². The molecule has 0 aliphatic heterocycles. The van der Waals surface area contributed by atoms with Crippen molar-refractivity contribution >= 4 is 17.7 Å². The Kier molecular flexibility index (Phi) is 6.38. The molecule has 0 amide bonds. The highest BCUT2D eigenvalue weighted by atomic mass is 32.2. The van der Waals surface area contributed by atoms with Gasteiger partial charge in [-0.15, -0.1) is 0 Å². The van der Waals surface area contributed by atoms with Gasteiger partial charge >= 0.3 is 0 Å². The maximum atomic E-state index is 9.00. The standard InChI is InChI=1S/C7H5NS.C2H4O2/c8-6-9-7-4-2-1-3-5-7;1-2(3)4/h1-5H;1H3,(H,3,4). The summed E-state index contributed by atoms with van der Waals surface area (Å²) in [7, 11) is 0. The van der Waals surface area contributed by atoms with Gasteiger partial charge in [-0.1, -0.05) is 18.2 Å². The summed E-state index contributed by atoms with van der Waals surface area (Å²) in [5.41, 5.74) is 0. The van der Waals surface area contributed by atoms with E-state index in [-0.39, 0.29) is 0 Å². The van der Waals surface area contributed by atoms with Crippen LogP contribution in [0.1, 0.15) is 6.92 Å². The molecule has 3 nitrogen and oxygen atoms in total. The fourth-order valence-corrected chi connectivity index (χ4v) is 0.940. The monoisotopic (exact) mass is 195 g/mol. The molecule has 0 aromatic heterocycles. The van der Waals surface area contributed by atoms with Crippen molar-refractivity contribution in [3.05, 3.63) is 30.3 Å². The topological polar surface area (TPSA) is 61.1 Å². The smallest absolute Gasteiger partial charge is 0.300 e. The van der Waals surface area contributed by atoms with E-state index in [1.165, 1.54) is 11.8 Å². The van der Waals surface area contributed by atoms with Crippen LogP contribution in [0.5, 0.6) is 0 Å². The number of nitriles is 1. The van der Waals surface area contributed by atoms with Crippen molar-refractivity contribution in [3.63, 3.8) is 0 Å². The highest BCUT2D eigenvalue weighted by Crippen LogP contribution is 2.13. The molecule has 1 N–H and O–H groups in total. The van der Waals surface area contributed by atoms with Crippen molar-refractivity contribution in [2.75, 3.05) is 0 Å². The predicted molar refractivity (Wildman–Crippen MR) is 51.2 cm³/mol. The zero-order chi connectivity index (χ0) is 10.1. The largest absolute Gasteiger partial charge is 0.481 e. The number of hydrogen-bond donors (Lipinski definition) is 1. The third kappa shape index (κ3) is 8.44. The number of benzene rings is 1. The first-order chi connectivity index (χ1) is 6.16. The van der Waals surface area contributed by atoms with Crippen LogP contribution in [0.15, 0.2) is 35.2 Å². The SMILES string of the molecule is CC(=O)O.N#CSc1ccccc1. The van der Waals surface area contributed by atoms with Crippen molar-refractivity contribution in [2.24, 2.45) is 0 Å². The minimum Gasteiger partial charge on any atom is -0.481 e. The van der Waals surface area contributed by atoms with Gasteiger partial charge in [0.1, 0.15) is 5.40 Å². The molecule has 4 heteroatoms. The lowest BCUT2D eigenvalue weighted by atomic mass is 10.4. The number of aliphatic carboxylic acids is 1. The molecule has 1 aromatic carbocycles. The Morgan fingerprint density at radius 1 is 1.46 bits per heavy atom. The molecule has 0 heterocycles. The molecule has 0 saturated heterocycles. The van der Waals surface area contributed by atoms with Crippen LogP contribution in [0.25, 0.3) is 0 Å². The van der Waals surface area contributed by atoms with E-state index in [9.17, 15) is 0 Å². The van der Waals surface area contributed by atoms with Crippen LogP contribution >= 0.6 is 11.8 Å². The molecule has 1 aromatic rings. The second kappa shape index (κ2) is 7.19. The van der Waals surface area contributed by atoms with E-state index in [4.69, 9.17) is 15.2 Å². The number of thioether (sulfide) groups is 1. The van der Waals surface area contributed by atoms with Crippen molar-refractivity contribution in [1.29, 1.82) is 5.26 Å². The number of nitrogens with zero attached hydrogens (tertiary/aromatic N) is 1. The van der Waals surface area contributed by atoms with Crippen molar-refractivity contribution in [2.45, 2.75) is 11.8 Å². The number of carboxylic acids is 1. The third-order valence-corrected chi connectivity index (χ3v) is 1.51. The lowest BCUT2D eigenvalue weighted by Crippen LogP contribution is -1.78. The fourth-order valence-electron chi connectivity index (χ4n) is 0.541. The second-order valence-corrected chi connectivity index (χ2v) is 2.88. The normalized spacial score (nSPS) is 7.69. The van der Waals surface area contributed by atoms with Gasteiger partial charge in [-0.05, 0) is 23.9 Å². The van der Waals surface area contributed by atoms with E-state index in [0.717, 1.165) is 11.8 Å². The molecular formula is C9H9NO2S. The molecule has 0 aliphatic rings. The summed E-state index contributed by atoms with van der Waals surface area (Å²) in [5.74, 6) is -0.833. The van der Waals surface area contributed by atoms with Gasteiger partial charge in [-0.2, -0.15) is 5.26 Å². The lowest BCUT2D eigenvalue weighted by molar-refractivity contribution is -0.134. The summed E-state index contributed by atoms with van der Waals surface area (Å²) in [4.78, 5) is 10.0. The molecule has 0 aliphatic carbocycles. The molecule has 0 bridgehead atoms. The van der Waals surface area contributed by atoms with Crippen molar-refractivity contribution < 1.29 is 9.90 Å². The first-order valence-corrected chi connectivity index (χ1v) is 4.29. The van der Waals surface area contributed by atoms with E-state index in [0.29, 0.717) is 0 Å². The number of rotatable bonds is 1. The first-order valence-electron chi connectivity index (χ1n) is 3.47. The average Bonchev–Trinajstić information content (AvgIpc) is 2.06. The van der Waals surface area contributed by atoms with Gasteiger partial charge in [0, 0.05) is 11.8 Å². The van der Waals surface area contributed by atoms with Gasteiger partial charge in [0.05, 0.1) is 0 Å². The van der Waals surface area contributed by atoms with E-state index in [2.05, 4.69) is 0 Å². The summed E-state index contributed by atoms with van der Waals surface area (Å²) in [5, 5.41) is 17.6. The highest BCUT2D eigenvalue weighted by Gasteiger charge is 1.85. The molecular weight excluding hydrogens is 186 g/mol. The minimum absolute atomic E-state index is 0.833. The number of carboxylic acid groups (broad SMARTS) is 1. The van der Waals surface area contributed by atoms with Crippen molar-refractivity contribution in [3.8, 4) is 5.40 Å². The van der Waals surface area contributed by atoms with Gasteiger partial charge in [-0.25, -0.2) is 0 Å². The van der Waals surface area contributed by atoms with Gasteiger partial charge in [0.25, 0.3) is 5.97 Å². The molecule has 1 rings (SSSR count). The second-order valence-electron chi connectivity index (χ2n) is 2.03. The van der Waals surface area contributed by atoms with E-state index >= 15 is 0 Å². The van der Waals surface area contributed by atoms with Crippen molar-refractivity contribution in [1.82, 2.24) is 0 Å². The maximum Gasteiger partial charge on any atom is 0.300 e. The Morgan fingerprint density at radius 2 is 1.92 bits per heavy atom. The molecule has 0 radical (unpaired) electrons. The molecule has 13 heavy (non-hydrogen) atoms. The maximum absolute atomic E-state index is 9.00. The Balaban J connectivity index is 0.000000310. The summed E-state index contributed by atoms with van der Waals surface area (Å²) in [6.07, 6.45) is 0. The van der Waals surface area contributed by atoms with Gasteiger partial charge in [0.2, 0.25) is 0 Å². The molecule has 0 saturated carbocycles. The number of thiocyanates is 1. The highest BCUT2D eigenvalue weighted by molar-refractivity contribution is 8.03. The van der Waals surface area contributed by atoms with Crippen LogP contribution in [0.3, 0.4) is 0 Å². The zero-order valence-electron chi connectivity index (χ0n) is 7.10. The Hall–Kier alpha value is -1.47. The lowest BCUT2D eigenvalue weighted by Gasteiger charge is -1.86. The Labute approximate surface area is 81.0 Å². The van der Waals surface area contributed by atoms with Crippen LogP contribution in [-0.2, 0) is 4.79 Å². The Morgan fingerprint density at radius 3 is 2.31 bits per heavy atom. The zero-order valence-corrected chi connectivity index (χ0v) is 7.91. The summed E-state index contributed by atoms with van der Waals surface area (Å²) < 4.78 is 0. The molecule has 0 fully saturated rings. The third-order valence-electron chi connectivity index (χ3n) is 0.907. The number of hydrogen-bond acceptors (Lipinski definition) is 3. The fraction of sp³-hybridized carbons (Fsp3) is 0.111. The van der Waals surface area contributed by atoms with Crippen LogP contribution in [-0.4, -0.2) is 11.1 Å². The van der Waals surface area contributed by atoms with Gasteiger partial charge in [0.15, 0.2) is 0 Å². The average molecular weight is 195 g/mol. The van der Waals surface area contributed by atoms with Crippen LogP contribution in [0.2, 0.25) is 0 Å². The number of carbonyl (C=O) groups is 1. The summed E-state index contributed by atoms with van der Waals surface area (Å²) >= 11 is 1.18. The molecule has 0 atom stereocenters. The summed E-state index contributed by atoms with van der Waals surface area (Å²) in [6, 6.07) is 9.59. The van der Waals surface area contributed by atoms with Gasteiger partial charge < -0.3 is 5.11 Å².